The first-order valence-corrected chi connectivity index (χ1v) is 9.17. The number of nitrogens with zero attached hydrogens (tertiary/aromatic N) is 1. The number of carbonyl (C=O) groups excluding carboxylic acids is 2. The van der Waals surface area contributed by atoms with Crippen molar-refractivity contribution in [2.75, 3.05) is 45.9 Å². The summed E-state index contributed by atoms with van der Waals surface area (Å²) in [6, 6.07) is 3.00. The van der Waals surface area contributed by atoms with Gasteiger partial charge in [-0.3, -0.25) is 9.69 Å². The molecule has 1 aromatic carbocycles. The molecule has 29 heavy (non-hydrogen) atoms. The zero-order valence-corrected chi connectivity index (χ0v) is 16.2. The minimum absolute atomic E-state index is 0.0536. The van der Waals surface area contributed by atoms with Crippen LogP contribution in [-0.4, -0.2) is 68.2 Å². The van der Waals surface area contributed by atoms with Crippen LogP contribution in [-0.2, 0) is 9.53 Å². The molecule has 0 amide bonds. The maximum atomic E-state index is 13.7. The van der Waals surface area contributed by atoms with E-state index in [0.717, 1.165) is 44.4 Å². The lowest BCUT2D eigenvalue weighted by atomic mass is 10.1. The maximum Gasteiger partial charge on any atom is 0.344 e. The van der Waals surface area contributed by atoms with Crippen molar-refractivity contribution in [3.8, 4) is 0 Å². The summed E-state index contributed by atoms with van der Waals surface area (Å²) in [6.07, 6.45) is 0. The van der Waals surface area contributed by atoms with E-state index in [1.807, 2.05) is 0 Å². The van der Waals surface area contributed by atoms with Gasteiger partial charge in [0.25, 0.3) is 0 Å². The lowest BCUT2D eigenvalue weighted by molar-refractivity contribution is -0.137. The lowest BCUT2D eigenvalue weighted by Gasteiger charge is -2.27. The number of esters is 1. The van der Waals surface area contributed by atoms with E-state index in [1.54, 1.807) is 0 Å². The van der Waals surface area contributed by atoms with Gasteiger partial charge >= 0.3 is 5.97 Å². The lowest BCUT2D eigenvalue weighted by Crippen LogP contribution is -2.46. The average Bonchev–Trinajstić information content (AvgIpc) is 2.67. The number of nitrogens with two attached hydrogens (primary N) is 1. The van der Waals surface area contributed by atoms with E-state index in [2.05, 4.69) is 15.5 Å². The molecule has 0 aromatic heterocycles. The highest BCUT2D eigenvalue weighted by Crippen LogP contribution is 2.13. The van der Waals surface area contributed by atoms with E-state index in [0.29, 0.717) is 13.1 Å². The van der Waals surface area contributed by atoms with Gasteiger partial charge in [-0.15, -0.1) is 0 Å². The van der Waals surface area contributed by atoms with Crippen LogP contribution in [0.1, 0.15) is 17.3 Å². The number of halogens is 2. The topological polar surface area (TPSA) is 121 Å². The standard InChI is InChI=1S/C19H25F2N5O3/c1-12(22)16(18(23)25-7-10-26-8-5-24-6-9-26)19(28)29-11-15(27)17-13(20)3-2-4-14(17)21/h2-4,22,24-25H,5-11,23H2,1H3/b18-16+,22-12?. The largest absolute Gasteiger partial charge is 0.454 e. The Labute approximate surface area is 167 Å². The summed E-state index contributed by atoms with van der Waals surface area (Å²) in [4.78, 5) is 26.5. The third-order valence-corrected chi connectivity index (χ3v) is 4.38. The Balaban J connectivity index is 1.96. The third kappa shape index (κ3) is 6.33. The molecule has 0 radical (unpaired) electrons. The molecule has 158 valence electrons. The van der Waals surface area contributed by atoms with E-state index < -0.39 is 35.6 Å². The van der Waals surface area contributed by atoms with Gasteiger partial charge < -0.3 is 26.5 Å². The van der Waals surface area contributed by atoms with Crippen LogP contribution in [0.5, 0.6) is 0 Å². The van der Waals surface area contributed by atoms with Crippen molar-refractivity contribution >= 4 is 17.5 Å². The second-order valence-corrected chi connectivity index (χ2v) is 6.53. The zero-order valence-electron chi connectivity index (χ0n) is 16.2. The van der Waals surface area contributed by atoms with Gasteiger partial charge in [-0.05, 0) is 19.1 Å². The highest BCUT2D eigenvalue weighted by atomic mass is 19.1. The third-order valence-electron chi connectivity index (χ3n) is 4.38. The predicted octanol–water partition coefficient (Wildman–Crippen LogP) is 0.395. The number of nitrogens with one attached hydrogen (secondary N) is 3. The fourth-order valence-corrected chi connectivity index (χ4v) is 2.88. The number of benzene rings is 1. The van der Waals surface area contributed by atoms with Crippen LogP contribution in [0.2, 0.25) is 0 Å². The minimum atomic E-state index is -1.04. The van der Waals surface area contributed by atoms with Crippen molar-refractivity contribution in [1.82, 2.24) is 15.5 Å². The summed E-state index contributed by atoms with van der Waals surface area (Å²) >= 11 is 0. The first-order chi connectivity index (χ1) is 13.8. The summed E-state index contributed by atoms with van der Waals surface area (Å²) in [6.45, 7) is 5.23. The molecule has 1 aromatic rings. The number of hydrogen-bond acceptors (Lipinski definition) is 8. The molecule has 0 bridgehead atoms. The minimum Gasteiger partial charge on any atom is -0.454 e. The summed E-state index contributed by atoms with van der Waals surface area (Å²) in [5, 5.41) is 13.9. The maximum absolute atomic E-state index is 13.7. The van der Waals surface area contributed by atoms with Crippen LogP contribution in [0.15, 0.2) is 29.6 Å². The number of piperazine rings is 1. The Hall–Kier alpha value is -2.85. The molecule has 10 heteroatoms. The van der Waals surface area contributed by atoms with Gasteiger partial charge in [0.2, 0.25) is 5.78 Å². The van der Waals surface area contributed by atoms with Crippen LogP contribution >= 0.6 is 0 Å². The molecule has 0 aliphatic carbocycles. The van der Waals surface area contributed by atoms with E-state index in [9.17, 15) is 18.4 Å². The fraction of sp³-hybridized carbons (Fsp3) is 0.421. The van der Waals surface area contributed by atoms with Gasteiger partial charge in [-0.1, -0.05) is 6.07 Å². The second-order valence-electron chi connectivity index (χ2n) is 6.53. The van der Waals surface area contributed by atoms with Gasteiger partial charge in [0.15, 0.2) is 6.61 Å². The summed E-state index contributed by atoms with van der Waals surface area (Å²) < 4.78 is 32.2. The fourth-order valence-electron chi connectivity index (χ4n) is 2.88. The monoisotopic (exact) mass is 409 g/mol. The van der Waals surface area contributed by atoms with Crippen molar-refractivity contribution in [3.63, 3.8) is 0 Å². The molecule has 1 heterocycles. The molecule has 0 spiro atoms. The highest BCUT2D eigenvalue weighted by Gasteiger charge is 2.22. The Kier molecular flexibility index (Phi) is 8.22. The zero-order chi connectivity index (χ0) is 21.4. The summed E-state index contributed by atoms with van der Waals surface area (Å²) in [5.41, 5.74) is 4.72. The number of hydrogen-bond donors (Lipinski definition) is 4. The van der Waals surface area contributed by atoms with Crippen molar-refractivity contribution in [1.29, 1.82) is 5.41 Å². The van der Waals surface area contributed by atoms with Gasteiger partial charge in [-0.2, -0.15) is 0 Å². The predicted molar refractivity (Wildman–Crippen MR) is 104 cm³/mol. The van der Waals surface area contributed by atoms with Gasteiger partial charge in [0.1, 0.15) is 23.0 Å². The van der Waals surface area contributed by atoms with Gasteiger partial charge in [0, 0.05) is 45.0 Å². The summed E-state index contributed by atoms with van der Waals surface area (Å²) in [7, 11) is 0. The molecule has 1 saturated heterocycles. The molecule has 2 rings (SSSR count). The van der Waals surface area contributed by atoms with Crippen LogP contribution in [0.25, 0.3) is 0 Å². The first kappa shape index (κ1) is 22.4. The quantitative estimate of drug-likeness (QED) is 0.202. The average molecular weight is 409 g/mol. The van der Waals surface area contributed by atoms with Crippen molar-refractivity contribution in [2.45, 2.75) is 6.92 Å². The van der Waals surface area contributed by atoms with E-state index in [4.69, 9.17) is 15.9 Å². The molecule has 5 N–H and O–H groups in total. The molecule has 1 aliphatic heterocycles. The number of ether oxygens (including phenoxy) is 1. The molecular formula is C19H25F2N5O3. The smallest absolute Gasteiger partial charge is 0.344 e. The number of rotatable bonds is 9. The molecular weight excluding hydrogens is 384 g/mol. The number of carbonyl (C=O) groups is 2. The van der Waals surface area contributed by atoms with Crippen LogP contribution in [0.4, 0.5) is 8.78 Å². The molecule has 0 unspecified atom stereocenters. The second kappa shape index (κ2) is 10.6. The van der Waals surface area contributed by atoms with Crippen molar-refractivity contribution in [3.05, 3.63) is 46.8 Å². The Morgan fingerprint density at radius 3 is 2.48 bits per heavy atom. The molecule has 0 atom stereocenters. The van der Waals surface area contributed by atoms with Crippen LogP contribution < -0.4 is 16.4 Å². The van der Waals surface area contributed by atoms with Crippen LogP contribution in [0, 0.1) is 17.0 Å². The number of ketones is 1. The van der Waals surface area contributed by atoms with Crippen molar-refractivity contribution in [2.24, 2.45) is 5.73 Å². The molecule has 1 fully saturated rings. The Morgan fingerprint density at radius 1 is 1.28 bits per heavy atom. The number of Topliss-reactive ketones (excluding diaryl/α,β-unsaturated/α-hetero) is 1. The van der Waals surface area contributed by atoms with E-state index in [-0.39, 0.29) is 17.1 Å². The molecule has 8 nitrogen and oxygen atoms in total. The highest BCUT2D eigenvalue weighted by molar-refractivity contribution is 6.18. The summed E-state index contributed by atoms with van der Waals surface area (Å²) in [5.74, 6) is -4.18. The van der Waals surface area contributed by atoms with Crippen molar-refractivity contribution < 1.29 is 23.1 Å². The van der Waals surface area contributed by atoms with Gasteiger partial charge in [0.05, 0.1) is 5.56 Å². The molecule has 1 aliphatic rings. The van der Waals surface area contributed by atoms with E-state index >= 15 is 0 Å². The SMILES string of the molecule is CC(=N)/C(C(=O)OCC(=O)c1c(F)cccc1F)=C(/N)NCCN1CCNCC1. The van der Waals surface area contributed by atoms with Crippen LogP contribution in [0.3, 0.4) is 0 Å². The first-order valence-electron chi connectivity index (χ1n) is 9.17. The molecule has 0 saturated carbocycles. The van der Waals surface area contributed by atoms with E-state index in [1.165, 1.54) is 6.92 Å². The van der Waals surface area contributed by atoms with Gasteiger partial charge in [-0.25, -0.2) is 13.6 Å². The Bertz CT molecular complexity index is 787. The normalized spacial score (nSPS) is 15.4. The Morgan fingerprint density at radius 2 is 1.90 bits per heavy atom.